The summed E-state index contributed by atoms with van der Waals surface area (Å²) in [5, 5.41) is 3.44. The third-order valence-electron chi connectivity index (χ3n) is 2.06. The first-order chi connectivity index (χ1) is 6.66. The van der Waals surface area contributed by atoms with Gasteiger partial charge in [0.15, 0.2) is 0 Å². The van der Waals surface area contributed by atoms with Gasteiger partial charge in [0, 0.05) is 12.2 Å². The molecule has 0 aliphatic heterocycles. The Balaban J connectivity index is 2.31. The summed E-state index contributed by atoms with van der Waals surface area (Å²) in [6, 6.07) is 0.459. The van der Waals surface area contributed by atoms with Gasteiger partial charge in [0.25, 0.3) is 0 Å². The number of nitrogens with zero attached hydrogens (tertiary/aromatic N) is 2. The molecule has 1 N–H and O–H groups in total. The van der Waals surface area contributed by atoms with Crippen molar-refractivity contribution < 1.29 is 4.79 Å². The van der Waals surface area contributed by atoms with Crippen LogP contribution < -0.4 is 5.32 Å². The van der Waals surface area contributed by atoms with Crippen LogP contribution in [-0.4, -0.2) is 31.7 Å². The van der Waals surface area contributed by atoms with E-state index in [1.807, 2.05) is 0 Å². The molecule has 0 unspecified atom stereocenters. The summed E-state index contributed by atoms with van der Waals surface area (Å²) in [5.74, 6) is 0.590. The van der Waals surface area contributed by atoms with Crippen molar-refractivity contribution in [1.29, 1.82) is 0 Å². The number of hydrogen-bond acceptors (Lipinski definition) is 4. The molecule has 0 saturated heterocycles. The molecule has 74 valence electrons. The lowest BCUT2D eigenvalue weighted by Gasteiger charge is -2.07. The van der Waals surface area contributed by atoms with Gasteiger partial charge in [-0.15, -0.1) is 0 Å². The molecule has 0 bridgehead atoms. The van der Waals surface area contributed by atoms with Crippen molar-refractivity contribution in [3.63, 3.8) is 0 Å². The van der Waals surface area contributed by atoms with Crippen molar-refractivity contribution >= 4 is 33.1 Å². The summed E-state index contributed by atoms with van der Waals surface area (Å²) in [4.78, 5) is 19.1. The van der Waals surface area contributed by atoms with Crippen molar-refractivity contribution in [1.82, 2.24) is 9.97 Å². The first-order valence-corrected chi connectivity index (χ1v) is 5.84. The fourth-order valence-corrected chi connectivity index (χ4v) is 1.65. The molecule has 0 aromatic carbocycles. The van der Waals surface area contributed by atoms with Gasteiger partial charge in [-0.2, -0.15) is 0 Å². The van der Waals surface area contributed by atoms with E-state index in [2.05, 4.69) is 15.3 Å². The molecular formula is C8H10ClN3OSi. The highest BCUT2D eigenvalue weighted by atomic mass is 35.5. The monoisotopic (exact) mass is 227 g/mol. The predicted molar refractivity (Wildman–Crippen MR) is 58.0 cm³/mol. The second-order valence-electron chi connectivity index (χ2n) is 3.38. The maximum atomic E-state index is 11.3. The number of carbonyl (C=O) groups is 1. The minimum absolute atomic E-state index is 0.0878. The zero-order chi connectivity index (χ0) is 10.1. The molecule has 1 aromatic rings. The number of carbonyl (C=O) groups excluding carboxylic acids is 1. The first kappa shape index (κ1) is 9.61. The number of nitrogens with one attached hydrogen (secondary N) is 1. The van der Waals surface area contributed by atoms with Crippen molar-refractivity contribution in [2.75, 3.05) is 5.32 Å². The van der Waals surface area contributed by atoms with Crippen molar-refractivity contribution in [3.8, 4) is 0 Å². The van der Waals surface area contributed by atoms with Crippen LogP contribution in [0.4, 0.5) is 5.82 Å². The van der Waals surface area contributed by atoms with Gasteiger partial charge in [-0.1, -0.05) is 0 Å². The minimum Gasteiger partial charge on any atom is -0.367 e. The van der Waals surface area contributed by atoms with Gasteiger partial charge < -0.3 is 10.1 Å². The van der Waals surface area contributed by atoms with Crippen LogP contribution in [0.1, 0.15) is 23.2 Å². The Morgan fingerprint density at radius 2 is 2.36 bits per heavy atom. The van der Waals surface area contributed by atoms with Crippen LogP contribution in [0, 0.1) is 0 Å². The van der Waals surface area contributed by atoms with Gasteiger partial charge in [0.2, 0.25) is 5.28 Å². The second-order valence-corrected chi connectivity index (χ2v) is 4.62. The van der Waals surface area contributed by atoms with Crippen LogP contribution >= 0.6 is 11.6 Å². The lowest BCUT2D eigenvalue weighted by molar-refractivity contribution is 0.108. The Labute approximate surface area is 89.5 Å². The maximum Gasteiger partial charge on any atom is 0.224 e. The van der Waals surface area contributed by atoms with Gasteiger partial charge in [-0.3, -0.25) is 0 Å². The van der Waals surface area contributed by atoms with Crippen LogP contribution in [0.25, 0.3) is 0 Å². The maximum absolute atomic E-state index is 11.3. The molecule has 0 amide bonds. The molecule has 2 rings (SSSR count). The number of rotatable bonds is 3. The predicted octanol–water partition coefficient (Wildman–Crippen LogP) is 0.210. The molecular weight excluding hydrogens is 218 g/mol. The lowest BCUT2D eigenvalue weighted by Crippen LogP contribution is -2.11. The molecule has 0 atom stereocenters. The highest BCUT2D eigenvalue weighted by Gasteiger charge is 2.23. The van der Waals surface area contributed by atoms with E-state index in [4.69, 9.17) is 11.6 Å². The summed E-state index contributed by atoms with van der Waals surface area (Å²) in [6.07, 6.45) is 3.77. The number of halogens is 1. The third kappa shape index (κ3) is 2.10. The molecule has 1 fully saturated rings. The lowest BCUT2D eigenvalue weighted by atomic mass is 10.3. The van der Waals surface area contributed by atoms with Crippen LogP contribution in [0.3, 0.4) is 0 Å². The number of hydrogen-bond donors (Lipinski definition) is 1. The Morgan fingerprint density at radius 1 is 1.64 bits per heavy atom. The van der Waals surface area contributed by atoms with E-state index in [0.717, 1.165) is 12.8 Å². The highest BCUT2D eigenvalue weighted by Crippen LogP contribution is 2.25. The Hall–Kier alpha value is -0.943. The van der Waals surface area contributed by atoms with Gasteiger partial charge in [0.1, 0.15) is 11.2 Å². The van der Waals surface area contributed by atoms with Crippen LogP contribution in [-0.2, 0) is 0 Å². The average molecular weight is 228 g/mol. The fourth-order valence-electron chi connectivity index (χ4n) is 1.15. The summed E-state index contributed by atoms with van der Waals surface area (Å²) >= 11 is 5.66. The SMILES string of the molecule is O=C([SiH3])c1cnc(Cl)nc1NC1CC1. The summed E-state index contributed by atoms with van der Waals surface area (Å²) in [6.45, 7) is 0. The van der Waals surface area contributed by atoms with Crippen molar-refractivity contribution in [2.45, 2.75) is 18.9 Å². The number of anilines is 1. The highest BCUT2D eigenvalue weighted by molar-refractivity contribution is 6.62. The summed E-state index contributed by atoms with van der Waals surface area (Å²) in [7, 11) is 0.472. The molecule has 1 heterocycles. The zero-order valence-corrected chi connectivity index (χ0v) is 10.5. The third-order valence-corrected chi connectivity index (χ3v) is 2.78. The molecule has 1 aromatic heterocycles. The Bertz CT molecular complexity index is 381. The Morgan fingerprint density at radius 3 is 2.93 bits per heavy atom. The van der Waals surface area contributed by atoms with Gasteiger partial charge in [-0.25, -0.2) is 9.97 Å². The number of aromatic nitrogens is 2. The molecule has 4 nitrogen and oxygen atoms in total. The van der Waals surface area contributed by atoms with Gasteiger partial charge in [-0.05, 0) is 24.4 Å². The largest absolute Gasteiger partial charge is 0.367 e. The molecule has 1 aliphatic carbocycles. The van der Waals surface area contributed by atoms with E-state index >= 15 is 0 Å². The van der Waals surface area contributed by atoms with E-state index < -0.39 is 0 Å². The minimum atomic E-state index is 0.0878. The van der Waals surface area contributed by atoms with Crippen LogP contribution in [0.5, 0.6) is 0 Å². The standard InChI is InChI=1S/C8H10ClN3OSi/c9-8-10-3-5(7(13)14)6(12-8)11-4-1-2-4/h3-4H,1-2H2,14H3,(H,10,11,12). The van der Waals surface area contributed by atoms with Gasteiger partial charge in [0.05, 0.1) is 15.8 Å². The quantitative estimate of drug-likeness (QED) is 0.593. The average Bonchev–Trinajstić information content (AvgIpc) is 2.87. The van der Waals surface area contributed by atoms with E-state index in [1.165, 1.54) is 6.20 Å². The second kappa shape index (κ2) is 3.66. The fraction of sp³-hybridized carbons (Fsp3) is 0.375. The van der Waals surface area contributed by atoms with Gasteiger partial charge >= 0.3 is 0 Å². The van der Waals surface area contributed by atoms with E-state index in [1.54, 1.807) is 0 Å². The molecule has 6 heteroatoms. The summed E-state index contributed by atoms with van der Waals surface area (Å²) in [5.41, 5.74) is 0.563. The zero-order valence-electron chi connectivity index (χ0n) is 7.75. The Kier molecular flexibility index (Phi) is 2.51. The van der Waals surface area contributed by atoms with E-state index in [-0.39, 0.29) is 10.7 Å². The topological polar surface area (TPSA) is 54.9 Å². The normalized spacial score (nSPS) is 15.5. The van der Waals surface area contributed by atoms with Crippen LogP contribution in [0.15, 0.2) is 6.20 Å². The van der Waals surface area contributed by atoms with Crippen molar-refractivity contribution in [3.05, 3.63) is 17.0 Å². The molecule has 0 spiro atoms. The van der Waals surface area contributed by atoms with E-state index in [9.17, 15) is 4.79 Å². The first-order valence-electron chi connectivity index (χ1n) is 4.47. The van der Waals surface area contributed by atoms with E-state index in [0.29, 0.717) is 27.7 Å². The van der Waals surface area contributed by atoms with Crippen molar-refractivity contribution in [2.24, 2.45) is 0 Å². The molecule has 1 aliphatic rings. The molecule has 1 saturated carbocycles. The van der Waals surface area contributed by atoms with Crippen LogP contribution in [0.2, 0.25) is 5.28 Å². The smallest absolute Gasteiger partial charge is 0.224 e. The summed E-state index contributed by atoms with van der Waals surface area (Å²) < 4.78 is 0. The molecule has 0 radical (unpaired) electrons. The molecule has 14 heavy (non-hydrogen) atoms.